The summed E-state index contributed by atoms with van der Waals surface area (Å²) in [6.45, 7) is 3.72. The molecule has 0 spiro atoms. The monoisotopic (exact) mass is 334 g/mol. The molecule has 2 unspecified atom stereocenters. The quantitative estimate of drug-likeness (QED) is 0.763. The second kappa shape index (κ2) is 6.74. The number of fused-ring (bicyclic) bond motifs is 1. The van der Waals surface area contributed by atoms with Gasteiger partial charge in [-0.3, -0.25) is 5.43 Å². The molecule has 0 amide bonds. The van der Waals surface area contributed by atoms with E-state index in [2.05, 4.69) is 68.1 Å². The molecule has 1 saturated heterocycles. The molecule has 4 rings (SSSR count). The van der Waals surface area contributed by atoms with Crippen LogP contribution in [0.5, 0.6) is 0 Å². The standard InChI is InChI=1S/C19H22N6/c1-13-22-18-16(9-6-10-20-18)19(23-13)25(2)12-15-11-21-24-17(15)14-7-4-3-5-8-14/h3-10,15,17,21,24H,11-12H2,1-2H3. The van der Waals surface area contributed by atoms with Crippen LogP contribution >= 0.6 is 0 Å². The number of pyridine rings is 1. The van der Waals surface area contributed by atoms with Crippen LogP contribution in [0.4, 0.5) is 5.82 Å². The van der Waals surface area contributed by atoms with Gasteiger partial charge in [0.15, 0.2) is 5.65 Å². The molecule has 6 nitrogen and oxygen atoms in total. The predicted molar refractivity (Wildman–Crippen MR) is 99.2 cm³/mol. The Hall–Kier alpha value is -2.57. The molecular formula is C19H22N6. The molecule has 6 heteroatoms. The Morgan fingerprint density at radius 1 is 1.12 bits per heavy atom. The van der Waals surface area contributed by atoms with Crippen molar-refractivity contribution in [2.75, 3.05) is 25.0 Å². The number of rotatable bonds is 4. The normalized spacial score (nSPS) is 20.1. The lowest BCUT2D eigenvalue weighted by Gasteiger charge is -2.26. The number of aryl methyl sites for hydroxylation is 1. The molecule has 1 aromatic carbocycles. The summed E-state index contributed by atoms with van der Waals surface area (Å²) in [5, 5.41) is 0.991. The lowest BCUT2D eigenvalue weighted by Crippen LogP contribution is -2.31. The zero-order valence-corrected chi connectivity index (χ0v) is 14.5. The first kappa shape index (κ1) is 15.9. The Labute approximate surface area is 147 Å². The van der Waals surface area contributed by atoms with E-state index < -0.39 is 0 Å². The number of nitrogens with zero attached hydrogens (tertiary/aromatic N) is 4. The number of hydrogen-bond acceptors (Lipinski definition) is 6. The van der Waals surface area contributed by atoms with Crippen LogP contribution in [-0.2, 0) is 0 Å². The molecule has 0 saturated carbocycles. The van der Waals surface area contributed by atoms with Gasteiger partial charge in [0, 0.05) is 32.3 Å². The Morgan fingerprint density at radius 3 is 2.80 bits per heavy atom. The molecule has 2 aromatic heterocycles. The van der Waals surface area contributed by atoms with E-state index in [0.717, 1.165) is 35.8 Å². The van der Waals surface area contributed by atoms with Crippen LogP contribution in [0.2, 0.25) is 0 Å². The van der Waals surface area contributed by atoms with Crippen LogP contribution in [0.25, 0.3) is 11.0 Å². The van der Waals surface area contributed by atoms with Gasteiger partial charge in [-0.15, -0.1) is 0 Å². The summed E-state index contributed by atoms with van der Waals surface area (Å²) in [5.41, 5.74) is 8.76. The minimum atomic E-state index is 0.288. The maximum absolute atomic E-state index is 4.68. The third-order valence-corrected chi connectivity index (χ3v) is 4.68. The number of hydrazine groups is 1. The van der Waals surface area contributed by atoms with Gasteiger partial charge < -0.3 is 4.90 Å². The highest BCUT2D eigenvalue weighted by atomic mass is 15.4. The molecule has 25 heavy (non-hydrogen) atoms. The summed E-state index contributed by atoms with van der Waals surface area (Å²) < 4.78 is 0. The predicted octanol–water partition coefficient (Wildman–Crippen LogP) is 2.23. The first-order valence-electron chi connectivity index (χ1n) is 8.56. The van der Waals surface area contributed by atoms with E-state index >= 15 is 0 Å². The van der Waals surface area contributed by atoms with Crippen molar-refractivity contribution in [2.24, 2.45) is 5.92 Å². The Morgan fingerprint density at radius 2 is 1.96 bits per heavy atom. The van der Waals surface area contributed by atoms with E-state index in [1.165, 1.54) is 5.56 Å². The van der Waals surface area contributed by atoms with Crippen molar-refractivity contribution in [1.29, 1.82) is 0 Å². The molecule has 3 aromatic rings. The van der Waals surface area contributed by atoms with Gasteiger partial charge in [0.2, 0.25) is 0 Å². The maximum atomic E-state index is 4.68. The summed E-state index contributed by atoms with van der Waals surface area (Å²) in [6, 6.07) is 14.8. The van der Waals surface area contributed by atoms with E-state index in [1.54, 1.807) is 6.20 Å². The third kappa shape index (κ3) is 3.18. The Kier molecular flexibility index (Phi) is 4.29. The average molecular weight is 334 g/mol. The number of anilines is 1. The van der Waals surface area contributed by atoms with Crippen molar-refractivity contribution < 1.29 is 0 Å². The maximum Gasteiger partial charge on any atom is 0.164 e. The topological polar surface area (TPSA) is 66.0 Å². The minimum absolute atomic E-state index is 0.288. The summed E-state index contributed by atoms with van der Waals surface area (Å²) in [4.78, 5) is 15.7. The molecule has 1 aliphatic heterocycles. The van der Waals surface area contributed by atoms with Crippen LogP contribution < -0.4 is 15.8 Å². The molecule has 2 N–H and O–H groups in total. The zero-order chi connectivity index (χ0) is 17.2. The minimum Gasteiger partial charge on any atom is -0.359 e. The number of nitrogens with one attached hydrogen (secondary N) is 2. The Balaban J connectivity index is 1.61. The van der Waals surface area contributed by atoms with Gasteiger partial charge in [-0.2, -0.15) is 0 Å². The van der Waals surface area contributed by atoms with Crippen LogP contribution in [0.1, 0.15) is 17.4 Å². The smallest absolute Gasteiger partial charge is 0.164 e. The van der Waals surface area contributed by atoms with Crippen molar-refractivity contribution in [3.8, 4) is 0 Å². The van der Waals surface area contributed by atoms with Crippen molar-refractivity contribution in [3.63, 3.8) is 0 Å². The first-order valence-corrected chi connectivity index (χ1v) is 8.56. The fourth-order valence-electron chi connectivity index (χ4n) is 3.50. The van der Waals surface area contributed by atoms with Crippen LogP contribution in [0.15, 0.2) is 48.7 Å². The van der Waals surface area contributed by atoms with Gasteiger partial charge in [0.25, 0.3) is 0 Å². The average Bonchev–Trinajstić information content (AvgIpc) is 3.09. The summed E-state index contributed by atoms with van der Waals surface area (Å²) in [5.74, 6) is 2.12. The van der Waals surface area contributed by atoms with E-state index in [0.29, 0.717) is 5.92 Å². The van der Waals surface area contributed by atoms with Crippen molar-refractivity contribution in [1.82, 2.24) is 25.8 Å². The number of hydrogen-bond donors (Lipinski definition) is 2. The highest BCUT2D eigenvalue weighted by Crippen LogP contribution is 2.28. The third-order valence-electron chi connectivity index (χ3n) is 4.68. The van der Waals surface area contributed by atoms with E-state index in [4.69, 9.17) is 0 Å². The van der Waals surface area contributed by atoms with Crippen molar-refractivity contribution >= 4 is 16.9 Å². The highest BCUT2D eigenvalue weighted by molar-refractivity contribution is 5.86. The summed E-state index contributed by atoms with van der Waals surface area (Å²) in [7, 11) is 2.09. The second-order valence-electron chi connectivity index (χ2n) is 6.52. The molecule has 0 bridgehead atoms. The van der Waals surface area contributed by atoms with Crippen LogP contribution in [0, 0.1) is 12.8 Å². The SMILES string of the molecule is Cc1nc(N(C)CC2CNNC2c2ccccc2)c2cccnc2n1. The van der Waals surface area contributed by atoms with Gasteiger partial charge in [0.05, 0.1) is 11.4 Å². The van der Waals surface area contributed by atoms with Gasteiger partial charge in [-0.05, 0) is 24.6 Å². The van der Waals surface area contributed by atoms with Gasteiger partial charge in [0.1, 0.15) is 11.6 Å². The van der Waals surface area contributed by atoms with Gasteiger partial charge in [-0.25, -0.2) is 20.4 Å². The zero-order valence-electron chi connectivity index (χ0n) is 14.5. The molecule has 3 heterocycles. The fraction of sp³-hybridized carbons (Fsp3) is 0.316. The summed E-state index contributed by atoms with van der Waals surface area (Å²) >= 11 is 0. The lowest BCUT2D eigenvalue weighted by atomic mass is 9.94. The van der Waals surface area contributed by atoms with E-state index in [9.17, 15) is 0 Å². The number of benzene rings is 1. The van der Waals surface area contributed by atoms with Crippen molar-refractivity contribution in [3.05, 3.63) is 60.0 Å². The Bertz CT molecular complexity index is 866. The fourth-order valence-corrected chi connectivity index (χ4v) is 3.50. The second-order valence-corrected chi connectivity index (χ2v) is 6.52. The van der Waals surface area contributed by atoms with Gasteiger partial charge >= 0.3 is 0 Å². The van der Waals surface area contributed by atoms with Crippen LogP contribution in [-0.4, -0.2) is 35.1 Å². The van der Waals surface area contributed by atoms with E-state index in [-0.39, 0.29) is 6.04 Å². The molecule has 1 aliphatic rings. The van der Waals surface area contributed by atoms with Crippen LogP contribution in [0.3, 0.4) is 0 Å². The van der Waals surface area contributed by atoms with Gasteiger partial charge in [-0.1, -0.05) is 30.3 Å². The molecule has 128 valence electrons. The lowest BCUT2D eigenvalue weighted by molar-refractivity contribution is 0.475. The molecule has 2 atom stereocenters. The first-order chi connectivity index (χ1) is 12.2. The highest BCUT2D eigenvalue weighted by Gasteiger charge is 2.29. The van der Waals surface area contributed by atoms with Crippen molar-refractivity contribution in [2.45, 2.75) is 13.0 Å². The molecule has 1 fully saturated rings. The molecular weight excluding hydrogens is 312 g/mol. The molecule has 0 aliphatic carbocycles. The molecule has 0 radical (unpaired) electrons. The number of aromatic nitrogens is 3. The summed E-state index contributed by atoms with van der Waals surface area (Å²) in [6.07, 6.45) is 1.77. The van der Waals surface area contributed by atoms with E-state index in [1.807, 2.05) is 19.1 Å². The largest absolute Gasteiger partial charge is 0.359 e.